The van der Waals surface area contributed by atoms with Crippen LogP contribution in [0.25, 0.3) is 0 Å². The number of amides is 1. The van der Waals surface area contributed by atoms with Crippen LogP contribution in [0.2, 0.25) is 0 Å². The van der Waals surface area contributed by atoms with Gasteiger partial charge in [0.1, 0.15) is 6.54 Å². The quantitative estimate of drug-likeness (QED) is 0.400. The van der Waals surface area contributed by atoms with Crippen molar-refractivity contribution < 1.29 is 4.79 Å². The minimum absolute atomic E-state index is 0.127. The molecule has 0 aliphatic carbocycles. The van der Waals surface area contributed by atoms with Gasteiger partial charge >= 0.3 is 0 Å². The molecule has 1 aliphatic heterocycles. The van der Waals surface area contributed by atoms with Gasteiger partial charge in [-0.15, -0.1) is 0 Å². The largest absolute Gasteiger partial charge is 0.357 e. The summed E-state index contributed by atoms with van der Waals surface area (Å²) in [4.78, 5) is 20.8. The summed E-state index contributed by atoms with van der Waals surface area (Å²) in [6, 6.07) is 10.5. The molecule has 1 aromatic rings. The Hall–Kier alpha value is -2.08. The number of hydrogen-bond donors (Lipinski definition) is 2. The third-order valence-corrected chi connectivity index (χ3v) is 4.48. The average molecular weight is 360 g/mol. The first-order valence-corrected chi connectivity index (χ1v) is 9.71. The Morgan fingerprint density at radius 2 is 1.92 bits per heavy atom. The van der Waals surface area contributed by atoms with Crippen molar-refractivity contribution in [2.45, 2.75) is 32.7 Å². The third-order valence-electron chi connectivity index (χ3n) is 4.48. The van der Waals surface area contributed by atoms with Crippen LogP contribution in [0.1, 0.15) is 31.7 Å². The molecule has 1 saturated heterocycles. The zero-order valence-electron chi connectivity index (χ0n) is 16.2. The second-order valence-electron chi connectivity index (χ2n) is 6.79. The molecule has 2 rings (SSSR count). The molecule has 0 unspecified atom stereocenters. The first-order chi connectivity index (χ1) is 12.7. The molecule has 6 heteroatoms. The van der Waals surface area contributed by atoms with Crippen molar-refractivity contribution in [1.82, 2.24) is 20.4 Å². The van der Waals surface area contributed by atoms with Crippen LogP contribution in [0.3, 0.4) is 0 Å². The monoisotopic (exact) mass is 359 g/mol. The number of guanidine groups is 1. The van der Waals surface area contributed by atoms with Gasteiger partial charge < -0.3 is 20.4 Å². The second kappa shape index (κ2) is 11.5. The van der Waals surface area contributed by atoms with E-state index in [0.29, 0.717) is 0 Å². The van der Waals surface area contributed by atoms with Crippen LogP contribution < -0.4 is 10.6 Å². The fraction of sp³-hybridized carbons (Fsp3) is 0.600. The highest BCUT2D eigenvalue weighted by Crippen LogP contribution is 2.07. The molecule has 0 radical (unpaired) electrons. The van der Waals surface area contributed by atoms with Crippen LogP contribution in [0.5, 0.6) is 0 Å². The minimum atomic E-state index is 0.127. The second-order valence-corrected chi connectivity index (χ2v) is 6.79. The molecule has 1 amide bonds. The van der Waals surface area contributed by atoms with Crippen molar-refractivity contribution >= 4 is 11.9 Å². The number of nitrogens with one attached hydrogen (secondary N) is 2. The Morgan fingerprint density at radius 1 is 1.19 bits per heavy atom. The predicted molar refractivity (Wildman–Crippen MR) is 107 cm³/mol. The maximum atomic E-state index is 12.1. The number of benzene rings is 1. The van der Waals surface area contributed by atoms with Crippen LogP contribution in [-0.4, -0.2) is 68.0 Å². The van der Waals surface area contributed by atoms with Crippen molar-refractivity contribution in [1.29, 1.82) is 0 Å². The lowest BCUT2D eigenvalue weighted by Gasteiger charge is -2.18. The summed E-state index contributed by atoms with van der Waals surface area (Å²) in [5.41, 5.74) is 1.33. The summed E-state index contributed by atoms with van der Waals surface area (Å²) < 4.78 is 0. The van der Waals surface area contributed by atoms with E-state index in [0.717, 1.165) is 64.5 Å². The van der Waals surface area contributed by atoms with Gasteiger partial charge in [0, 0.05) is 32.7 Å². The fourth-order valence-corrected chi connectivity index (χ4v) is 3.08. The molecule has 1 aromatic carbocycles. The van der Waals surface area contributed by atoms with Crippen molar-refractivity contribution in [3.05, 3.63) is 35.9 Å². The molecule has 1 heterocycles. The van der Waals surface area contributed by atoms with E-state index >= 15 is 0 Å². The lowest BCUT2D eigenvalue weighted by Crippen LogP contribution is -2.39. The van der Waals surface area contributed by atoms with E-state index in [2.05, 4.69) is 51.8 Å². The minimum Gasteiger partial charge on any atom is -0.357 e. The highest BCUT2D eigenvalue weighted by Gasteiger charge is 2.17. The lowest BCUT2D eigenvalue weighted by atomic mass is 10.2. The summed E-state index contributed by atoms with van der Waals surface area (Å²) in [6.45, 7) is 7.61. The Morgan fingerprint density at radius 3 is 2.62 bits per heavy atom. The molecule has 0 spiro atoms. The van der Waals surface area contributed by atoms with Gasteiger partial charge in [-0.25, -0.2) is 4.99 Å². The number of carbonyl (C=O) groups is 1. The Bertz CT molecular complexity index is 555. The maximum Gasteiger partial charge on any atom is 0.244 e. The number of likely N-dealkylation sites (tertiary alicyclic amines) is 1. The van der Waals surface area contributed by atoms with Crippen molar-refractivity contribution in [3.8, 4) is 0 Å². The molecular weight excluding hydrogens is 326 g/mol. The van der Waals surface area contributed by atoms with Crippen molar-refractivity contribution in [2.24, 2.45) is 4.99 Å². The highest BCUT2D eigenvalue weighted by molar-refractivity contribution is 5.85. The van der Waals surface area contributed by atoms with E-state index in [1.807, 2.05) is 17.9 Å². The van der Waals surface area contributed by atoms with Gasteiger partial charge in [0.05, 0.1) is 0 Å². The van der Waals surface area contributed by atoms with Gasteiger partial charge in [0.25, 0.3) is 0 Å². The molecule has 1 fully saturated rings. The molecule has 26 heavy (non-hydrogen) atoms. The smallest absolute Gasteiger partial charge is 0.244 e. The van der Waals surface area contributed by atoms with E-state index in [1.165, 1.54) is 5.56 Å². The molecule has 144 valence electrons. The highest BCUT2D eigenvalue weighted by atomic mass is 16.2. The number of hydrogen-bond acceptors (Lipinski definition) is 3. The first-order valence-electron chi connectivity index (χ1n) is 9.71. The van der Waals surface area contributed by atoms with Crippen molar-refractivity contribution in [3.63, 3.8) is 0 Å². The van der Waals surface area contributed by atoms with Gasteiger partial charge in [0.15, 0.2) is 5.96 Å². The normalized spacial score (nSPS) is 14.7. The summed E-state index contributed by atoms with van der Waals surface area (Å²) in [5, 5.41) is 6.54. The van der Waals surface area contributed by atoms with E-state index < -0.39 is 0 Å². The molecule has 0 atom stereocenters. The molecule has 2 N–H and O–H groups in total. The summed E-state index contributed by atoms with van der Waals surface area (Å²) in [6.07, 6.45) is 3.25. The number of carbonyl (C=O) groups excluding carboxylic acids is 1. The van der Waals surface area contributed by atoms with E-state index in [1.54, 1.807) is 0 Å². The molecule has 6 nitrogen and oxygen atoms in total. The maximum absolute atomic E-state index is 12.1. The lowest BCUT2D eigenvalue weighted by molar-refractivity contribution is -0.128. The standard InChI is InChI=1S/C20H33N5O/c1-3-21-20(23-16-19(26)25-14-7-8-15-25)22-12-9-13-24(2)17-18-10-5-4-6-11-18/h4-6,10-11H,3,7-9,12-17H2,1-2H3,(H2,21,22,23). The van der Waals surface area contributed by atoms with Gasteiger partial charge in [-0.3, -0.25) is 4.79 Å². The predicted octanol–water partition coefficient (Wildman–Crippen LogP) is 1.69. The van der Waals surface area contributed by atoms with Crippen LogP contribution in [0.15, 0.2) is 35.3 Å². The number of rotatable bonds is 9. The van der Waals surface area contributed by atoms with E-state index in [4.69, 9.17) is 0 Å². The van der Waals surface area contributed by atoms with Crippen molar-refractivity contribution in [2.75, 3.05) is 46.3 Å². The molecule has 0 bridgehead atoms. The molecule has 1 aliphatic rings. The van der Waals surface area contributed by atoms with E-state index in [-0.39, 0.29) is 12.5 Å². The topological polar surface area (TPSA) is 60.0 Å². The third kappa shape index (κ3) is 7.44. The Labute approximate surface area is 157 Å². The number of aliphatic imine (C=N–C) groups is 1. The Balaban J connectivity index is 1.66. The van der Waals surface area contributed by atoms with E-state index in [9.17, 15) is 4.79 Å². The number of nitrogens with zero attached hydrogens (tertiary/aromatic N) is 3. The summed E-state index contributed by atoms with van der Waals surface area (Å²) in [5.74, 6) is 0.855. The SMILES string of the molecule is CCNC(=NCC(=O)N1CCCC1)NCCCN(C)Cc1ccccc1. The van der Waals surface area contributed by atoms with Gasteiger partial charge in [0.2, 0.25) is 5.91 Å². The van der Waals surface area contributed by atoms with Gasteiger partial charge in [-0.05, 0) is 45.3 Å². The van der Waals surface area contributed by atoms with Crippen LogP contribution in [-0.2, 0) is 11.3 Å². The van der Waals surface area contributed by atoms with Crippen LogP contribution >= 0.6 is 0 Å². The Kier molecular flexibility index (Phi) is 8.96. The summed E-state index contributed by atoms with van der Waals surface area (Å²) >= 11 is 0. The van der Waals surface area contributed by atoms with Crippen LogP contribution in [0, 0.1) is 0 Å². The zero-order valence-corrected chi connectivity index (χ0v) is 16.2. The molecule has 0 saturated carbocycles. The first kappa shape index (κ1) is 20.2. The van der Waals surface area contributed by atoms with Crippen LogP contribution in [0.4, 0.5) is 0 Å². The summed E-state index contributed by atoms with van der Waals surface area (Å²) in [7, 11) is 2.14. The molecule has 0 aromatic heterocycles. The zero-order chi connectivity index (χ0) is 18.6. The van der Waals surface area contributed by atoms with Gasteiger partial charge in [-0.1, -0.05) is 30.3 Å². The fourth-order valence-electron chi connectivity index (χ4n) is 3.08. The molecular formula is C20H33N5O. The van der Waals surface area contributed by atoms with Gasteiger partial charge in [-0.2, -0.15) is 0 Å². The average Bonchev–Trinajstić information content (AvgIpc) is 3.18.